The second-order valence-corrected chi connectivity index (χ2v) is 10.1. The van der Waals surface area contributed by atoms with Crippen LogP contribution in [0.15, 0.2) is 90.0 Å². The van der Waals surface area contributed by atoms with Crippen LogP contribution >= 0.6 is 0 Å². The quantitative estimate of drug-likeness (QED) is 0.311. The summed E-state index contributed by atoms with van der Waals surface area (Å²) in [6, 6.07) is 24.8. The lowest BCUT2D eigenvalue weighted by molar-refractivity contribution is 0.456. The number of benzene rings is 3. The highest BCUT2D eigenvalue weighted by Crippen LogP contribution is 2.33. The molecule has 4 heterocycles. The first-order chi connectivity index (χ1) is 19.9. The van der Waals surface area contributed by atoms with E-state index in [9.17, 15) is 9.90 Å². The summed E-state index contributed by atoms with van der Waals surface area (Å²) < 4.78 is 3.55. The van der Waals surface area contributed by atoms with E-state index < -0.39 is 0 Å². The Morgan fingerprint density at radius 3 is 2.54 bits per heavy atom. The monoisotopic (exact) mass is 539 g/mol. The van der Waals surface area contributed by atoms with Gasteiger partial charge in [-0.3, -0.25) is 9.36 Å². The molecule has 0 aliphatic rings. The molecule has 0 bridgehead atoms. The molecule has 200 valence electrons. The van der Waals surface area contributed by atoms with Gasteiger partial charge < -0.3 is 10.8 Å². The third-order valence-corrected chi connectivity index (χ3v) is 7.51. The number of aryl methyl sites for hydroxylation is 2. The normalized spacial score (nSPS) is 11.6. The molecule has 0 unspecified atom stereocenters. The topological polar surface area (TPSA) is 125 Å². The third kappa shape index (κ3) is 3.98. The molecule has 0 amide bonds. The molecule has 9 nitrogen and oxygen atoms in total. The van der Waals surface area contributed by atoms with Crippen molar-refractivity contribution in [2.75, 3.05) is 5.73 Å². The largest absolute Gasteiger partial charge is 0.493 e. The Morgan fingerprint density at radius 2 is 1.68 bits per heavy atom. The van der Waals surface area contributed by atoms with Crippen LogP contribution in [0.5, 0.6) is 5.88 Å². The van der Waals surface area contributed by atoms with Crippen LogP contribution in [0, 0.1) is 13.8 Å². The number of anilines is 1. The lowest BCUT2D eigenvalue weighted by Gasteiger charge is -2.17. The zero-order chi connectivity index (χ0) is 28.2. The van der Waals surface area contributed by atoms with Crippen molar-refractivity contribution in [1.82, 2.24) is 29.3 Å². The van der Waals surface area contributed by atoms with Crippen LogP contribution in [0.2, 0.25) is 0 Å². The molecule has 4 aromatic heterocycles. The average molecular weight is 540 g/mol. The van der Waals surface area contributed by atoms with Gasteiger partial charge in [-0.1, -0.05) is 42.5 Å². The van der Waals surface area contributed by atoms with Crippen LogP contribution in [-0.2, 0) is 6.54 Å². The Bertz CT molecular complexity index is 2220. The van der Waals surface area contributed by atoms with Crippen molar-refractivity contribution in [3.05, 3.63) is 112 Å². The number of fused-ring (bicyclic) bond motifs is 3. The summed E-state index contributed by atoms with van der Waals surface area (Å²) in [7, 11) is 0. The van der Waals surface area contributed by atoms with E-state index in [2.05, 4.69) is 15.0 Å². The highest BCUT2D eigenvalue weighted by atomic mass is 16.3. The Kier molecular flexibility index (Phi) is 5.53. The van der Waals surface area contributed by atoms with Gasteiger partial charge in [0.25, 0.3) is 5.56 Å². The van der Waals surface area contributed by atoms with E-state index >= 15 is 0 Å². The number of aromatic nitrogens is 6. The van der Waals surface area contributed by atoms with Crippen LogP contribution in [-0.4, -0.2) is 34.4 Å². The molecule has 0 fully saturated rings. The lowest BCUT2D eigenvalue weighted by Crippen LogP contribution is -2.25. The summed E-state index contributed by atoms with van der Waals surface area (Å²) in [5, 5.41) is 17.8. The molecule has 9 heteroatoms. The minimum atomic E-state index is -0.0824. The molecule has 0 aliphatic heterocycles. The van der Waals surface area contributed by atoms with E-state index in [0.717, 1.165) is 38.8 Å². The number of hydrogen-bond acceptors (Lipinski definition) is 7. The first-order valence-corrected chi connectivity index (χ1v) is 13.2. The zero-order valence-corrected chi connectivity index (χ0v) is 22.4. The average Bonchev–Trinajstić information content (AvgIpc) is 3.33. The lowest BCUT2D eigenvalue weighted by atomic mass is 10.1. The zero-order valence-electron chi connectivity index (χ0n) is 22.4. The van der Waals surface area contributed by atoms with Crippen molar-refractivity contribution in [3.63, 3.8) is 0 Å². The maximum Gasteiger partial charge on any atom is 0.263 e. The van der Waals surface area contributed by atoms with Crippen LogP contribution < -0.4 is 11.3 Å². The van der Waals surface area contributed by atoms with E-state index in [0.29, 0.717) is 33.4 Å². The molecule has 3 N–H and O–H groups in total. The molecular weight excluding hydrogens is 514 g/mol. The maximum atomic E-state index is 14.1. The highest BCUT2D eigenvalue weighted by Gasteiger charge is 2.20. The standard InChI is InChI=1S/C32H25N7O2/c1-18-6-3-4-9-25(18)39-23(15-21-8-5-7-19(2)27(21)32(39)41)16-38-31-28(30(33)34-17-35-31)29(37-38)22-10-12-24-20(14-22)11-13-26(40)36-24/h3-15,17H,16H2,1-2H3,(H,36,40)(H2,33,34,35). The van der Waals surface area contributed by atoms with E-state index in [1.807, 2.05) is 80.6 Å². The van der Waals surface area contributed by atoms with Gasteiger partial charge in [0.05, 0.1) is 28.5 Å². The molecule has 0 saturated heterocycles. The molecule has 3 aromatic carbocycles. The molecular formula is C32H25N7O2. The number of pyridine rings is 2. The Hall–Kier alpha value is -5.57. The fraction of sp³-hybridized carbons (Fsp3) is 0.0938. The summed E-state index contributed by atoms with van der Waals surface area (Å²) >= 11 is 0. The highest BCUT2D eigenvalue weighted by molar-refractivity contribution is 6.00. The van der Waals surface area contributed by atoms with Crippen LogP contribution in [0.4, 0.5) is 5.82 Å². The van der Waals surface area contributed by atoms with Gasteiger partial charge in [0.2, 0.25) is 5.88 Å². The number of nitrogens with two attached hydrogens (primary N) is 1. The van der Waals surface area contributed by atoms with E-state index in [-0.39, 0.29) is 18.0 Å². The second kappa shape index (κ2) is 9.27. The third-order valence-electron chi connectivity index (χ3n) is 7.51. The van der Waals surface area contributed by atoms with Gasteiger partial charge in [0, 0.05) is 22.7 Å². The molecule has 0 atom stereocenters. The van der Waals surface area contributed by atoms with Gasteiger partial charge >= 0.3 is 0 Å². The molecule has 0 saturated carbocycles. The fourth-order valence-electron chi connectivity index (χ4n) is 5.54. The summed E-state index contributed by atoms with van der Waals surface area (Å²) in [6.07, 6.45) is 1.42. The van der Waals surface area contributed by atoms with Gasteiger partial charge in [0.1, 0.15) is 17.8 Å². The molecule has 7 aromatic rings. The van der Waals surface area contributed by atoms with Gasteiger partial charge in [-0.05, 0) is 60.7 Å². The van der Waals surface area contributed by atoms with E-state index in [1.165, 1.54) is 6.33 Å². The van der Waals surface area contributed by atoms with Crippen molar-refractivity contribution in [2.24, 2.45) is 0 Å². The second-order valence-electron chi connectivity index (χ2n) is 10.1. The summed E-state index contributed by atoms with van der Waals surface area (Å²) in [5.41, 5.74) is 12.4. The van der Waals surface area contributed by atoms with E-state index in [4.69, 9.17) is 10.8 Å². The van der Waals surface area contributed by atoms with Crippen molar-refractivity contribution < 1.29 is 5.11 Å². The van der Waals surface area contributed by atoms with Crippen molar-refractivity contribution in [1.29, 1.82) is 0 Å². The number of rotatable bonds is 4. The van der Waals surface area contributed by atoms with Crippen molar-refractivity contribution in [2.45, 2.75) is 20.4 Å². The molecule has 0 spiro atoms. The molecule has 0 aliphatic carbocycles. The summed E-state index contributed by atoms with van der Waals surface area (Å²) in [4.78, 5) is 27.0. The van der Waals surface area contributed by atoms with Crippen LogP contribution in [0.25, 0.3) is 49.7 Å². The van der Waals surface area contributed by atoms with Gasteiger partial charge in [-0.2, -0.15) is 5.10 Å². The number of para-hydroxylation sites is 1. The first-order valence-electron chi connectivity index (χ1n) is 13.2. The van der Waals surface area contributed by atoms with Crippen LogP contribution in [0.1, 0.15) is 16.8 Å². The smallest absolute Gasteiger partial charge is 0.263 e. The number of hydrogen-bond donors (Lipinski definition) is 2. The van der Waals surface area contributed by atoms with Gasteiger partial charge in [-0.25, -0.2) is 19.6 Å². The Labute approximate surface area is 234 Å². The SMILES string of the molecule is Cc1ccccc1-n1c(Cn2nc(-c3ccc4nc(O)ccc4c3)c3c(N)ncnc32)cc2cccc(C)c2c1=O. The number of aromatic hydroxyl groups is 1. The number of nitrogen functional groups attached to an aromatic ring is 1. The molecule has 41 heavy (non-hydrogen) atoms. The Morgan fingerprint density at radius 1 is 0.854 bits per heavy atom. The predicted octanol–water partition coefficient (Wildman–Crippen LogP) is 5.30. The van der Waals surface area contributed by atoms with Gasteiger partial charge in [-0.15, -0.1) is 0 Å². The molecule has 7 rings (SSSR count). The minimum absolute atomic E-state index is 0.0390. The minimum Gasteiger partial charge on any atom is -0.493 e. The van der Waals surface area contributed by atoms with Crippen LogP contribution in [0.3, 0.4) is 0 Å². The maximum absolute atomic E-state index is 14.1. The van der Waals surface area contributed by atoms with Crippen molar-refractivity contribution >= 4 is 38.5 Å². The van der Waals surface area contributed by atoms with Crippen molar-refractivity contribution in [3.8, 4) is 22.8 Å². The number of nitrogens with zero attached hydrogens (tertiary/aromatic N) is 6. The first kappa shape index (κ1) is 24.5. The fourth-order valence-corrected chi connectivity index (χ4v) is 5.54. The summed E-state index contributed by atoms with van der Waals surface area (Å²) in [5.74, 6) is 0.272. The van der Waals surface area contributed by atoms with E-state index in [1.54, 1.807) is 21.4 Å². The molecule has 0 radical (unpaired) electrons. The summed E-state index contributed by atoms with van der Waals surface area (Å²) in [6.45, 7) is 4.22. The predicted molar refractivity (Wildman–Crippen MR) is 160 cm³/mol. The Balaban J connectivity index is 1.46. The van der Waals surface area contributed by atoms with Gasteiger partial charge in [0.15, 0.2) is 5.65 Å².